The van der Waals surface area contributed by atoms with Gasteiger partial charge in [0.15, 0.2) is 11.5 Å². The summed E-state index contributed by atoms with van der Waals surface area (Å²) in [6.45, 7) is 0.181. The van der Waals surface area contributed by atoms with E-state index in [1.807, 2.05) is 0 Å². The Hall–Kier alpha value is -3.75. The van der Waals surface area contributed by atoms with Gasteiger partial charge in [0.1, 0.15) is 5.82 Å². The van der Waals surface area contributed by atoms with Gasteiger partial charge in [0.2, 0.25) is 12.6 Å². The van der Waals surface area contributed by atoms with Crippen molar-refractivity contribution in [2.24, 2.45) is 5.10 Å². The highest BCUT2D eigenvalue weighted by molar-refractivity contribution is 5.91. The van der Waals surface area contributed by atoms with Crippen molar-refractivity contribution >= 4 is 12.1 Å². The largest absolute Gasteiger partial charge is 0.454 e. The summed E-state index contributed by atoms with van der Waals surface area (Å²) >= 11 is 0. The maximum atomic E-state index is 12.9. The number of carbonyl (C=O) groups excluding carboxylic acids is 1. The lowest BCUT2D eigenvalue weighted by Gasteiger charge is -1.97. The van der Waals surface area contributed by atoms with E-state index in [9.17, 15) is 9.18 Å². The van der Waals surface area contributed by atoms with Crippen LogP contribution in [0.1, 0.15) is 16.2 Å². The topological polar surface area (TPSA) is 98.8 Å². The normalized spacial score (nSPS) is 12.5. The van der Waals surface area contributed by atoms with Gasteiger partial charge < -0.3 is 14.0 Å². The minimum Gasteiger partial charge on any atom is -0.454 e. The third-order valence-corrected chi connectivity index (χ3v) is 3.50. The number of benzene rings is 2. The van der Waals surface area contributed by atoms with E-state index in [2.05, 4.69) is 20.7 Å². The number of nitrogens with zero attached hydrogens (tertiary/aromatic N) is 3. The van der Waals surface area contributed by atoms with Crippen LogP contribution in [0.25, 0.3) is 11.4 Å². The first-order valence-corrected chi connectivity index (χ1v) is 7.52. The predicted molar refractivity (Wildman–Crippen MR) is 87.3 cm³/mol. The maximum Gasteiger partial charge on any atom is 0.329 e. The van der Waals surface area contributed by atoms with E-state index in [1.165, 1.54) is 30.5 Å². The molecule has 26 heavy (non-hydrogen) atoms. The summed E-state index contributed by atoms with van der Waals surface area (Å²) in [6, 6.07) is 10.7. The molecule has 0 saturated heterocycles. The van der Waals surface area contributed by atoms with Crippen molar-refractivity contribution in [3.63, 3.8) is 0 Å². The molecule has 2 aromatic carbocycles. The van der Waals surface area contributed by atoms with Crippen molar-refractivity contribution < 1.29 is 23.2 Å². The van der Waals surface area contributed by atoms with Gasteiger partial charge in [-0.3, -0.25) is 4.79 Å². The second kappa shape index (κ2) is 6.63. The zero-order chi connectivity index (χ0) is 17.9. The molecule has 8 nitrogen and oxygen atoms in total. The van der Waals surface area contributed by atoms with Crippen LogP contribution in [0, 0.1) is 5.82 Å². The van der Waals surface area contributed by atoms with Gasteiger partial charge in [-0.2, -0.15) is 10.1 Å². The number of fused-ring (bicyclic) bond motifs is 1. The molecule has 0 atom stereocenters. The number of hydrogen-bond acceptors (Lipinski definition) is 7. The van der Waals surface area contributed by atoms with Gasteiger partial charge in [-0.25, -0.2) is 9.82 Å². The van der Waals surface area contributed by atoms with Gasteiger partial charge in [-0.1, -0.05) is 5.16 Å². The number of nitrogens with one attached hydrogen (secondary N) is 1. The Labute approximate surface area is 146 Å². The van der Waals surface area contributed by atoms with E-state index in [4.69, 9.17) is 14.0 Å². The summed E-state index contributed by atoms with van der Waals surface area (Å²) in [5.41, 5.74) is 3.53. The number of amides is 1. The lowest BCUT2D eigenvalue weighted by molar-refractivity contribution is 0.0911. The smallest absolute Gasteiger partial charge is 0.329 e. The van der Waals surface area contributed by atoms with Gasteiger partial charge in [0, 0.05) is 5.56 Å². The SMILES string of the molecule is O=C(N/N=C/c1ccc2c(c1)OCO2)c1nc(-c2ccc(F)cc2)no1. The van der Waals surface area contributed by atoms with Crippen LogP contribution in [0.2, 0.25) is 0 Å². The molecule has 4 rings (SSSR count). The molecule has 130 valence electrons. The Morgan fingerprint density at radius 1 is 1.15 bits per heavy atom. The zero-order valence-corrected chi connectivity index (χ0v) is 13.2. The fraction of sp³-hybridized carbons (Fsp3) is 0.0588. The van der Waals surface area contributed by atoms with Crippen LogP contribution in [0.5, 0.6) is 11.5 Å². The van der Waals surface area contributed by atoms with Gasteiger partial charge in [-0.05, 0) is 48.0 Å². The van der Waals surface area contributed by atoms with Crippen molar-refractivity contribution in [2.75, 3.05) is 6.79 Å². The molecule has 3 aromatic rings. The van der Waals surface area contributed by atoms with Crippen molar-refractivity contribution in [3.05, 3.63) is 59.7 Å². The standard InChI is InChI=1S/C17H11FN4O4/c18-12-4-2-11(3-5-12)15-20-17(26-22-15)16(23)21-19-8-10-1-6-13-14(7-10)25-9-24-13/h1-8H,9H2,(H,21,23)/b19-8+. The van der Waals surface area contributed by atoms with E-state index in [-0.39, 0.29) is 24.3 Å². The average Bonchev–Trinajstić information content (AvgIpc) is 3.31. The molecule has 0 saturated carbocycles. The molecule has 9 heteroatoms. The highest BCUT2D eigenvalue weighted by atomic mass is 19.1. The van der Waals surface area contributed by atoms with Crippen LogP contribution < -0.4 is 14.9 Å². The molecule has 1 N–H and O–H groups in total. The number of hydrazone groups is 1. The third-order valence-electron chi connectivity index (χ3n) is 3.50. The molecule has 1 amide bonds. The van der Waals surface area contributed by atoms with Crippen molar-refractivity contribution in [2.45, 2.75) is 0 Å². The van der Waals surface area contributed by atoms with Gasteiger partial charge in [0.25, 0.3) is 0 Å². The molecule has 2 heterocycles. The van der Waals surface area contributed by atoms with E-state index >= 15 is 0 Å². The van der Waals surface area contributed by atoms with Crippen molar-refractivity contribution in [3.8, 4) is 22.9 Å². The van der Waals surface area contributed by atoms with Crippen LogP contribution in [0.15, 0.2) is 52.1 Å². The fourth-order valence-electron chi connectivity index (χ4n) is 2.24. The second-order valence-corrected chi connectivity index (χ2v) is 5.24. The van der Waals surface area contributed by atoms with Crippen LogP contribution in [-0.2, 0) is 0 Å². The molecular weight excluding hydrogens is 343 g/mol. The minimum atomic E-state index is -0.664. The molecule has 0 unspecified atom stereocenters. The molecule has 1 aliphatic rings. The average molecular weight is 354 g/mol. The molecule has 0 aliphatic carbocycles. The van der Waals surface area contributed by atoms with Crippen molar-refractivity contribution in [1.82, 2.24) is 15.6 Å². The van der Waals surface area contributed by atoms with Crippen LogP contribution in [0.3, 0.4) is 0 Å². The number of carbonyl (C=O) groups is 1. The first-order chi connectivity index (χ1) is 12.7. The molecule has 0 spiro atoms. The van der Waals surface area contributed by atoms with E-state index in [0.29, 0.717) is 22.6 Å². The summed E-state index contributed by atoms with van der Waals surface area (Å²) in [7, 11) is 0. The molecule has 0 fully saturated rings. The first-order valence-electron chi connectivity index (χ1n) is 7.52. The summed E-state index contributed by atoms with van der Waals surface area (Å²) in [5, 5.41) is 7.53. The number of hydrogen-bond donors (Lipinski definition) is 1. The second-order valence-electron chi connectivity index (χ2n) is 5.24. The Kier molecular flexibility index (Phi) is 4.02. The molecular formula is C17H11FN4O4. The van der Waals surface area contributed by atoms with Crippen LogP contribution in [-0.4, -0.2) is 29.1 Å². The fourth-order valence-corrected chi connectivity index (χ4v) is 2.24. The van der Waals surface area contributed by atoms with E-state index in [0.717, 1.165) is 0 Å². The number of ether oxygens (including phenoxy) is 2. The Bertz CT molecular complexity index is 985. The van der Waals surface area contributed by atoms with Crippen molar-refractivity contribution in [1.29, 1.82) is 0 Å². The first kappa shape index (κ1) is 15.8. The Balaban J connectivity index is 1.41. The molecule has 0 bridgehead atoms. The van der Waals surface area contributed by atoms with Gasteiger partial charge in [-0.15, -0.1) is 0 Å². The minimum absolute atomic E-state index is 0.176. The monoisotopic (exact) mass is 354 g/mol. The van der Waals surface area contributed by atoms with Gasteiger partial charge in [0.05, 0.1) is 6.21 Å². The maximum absolute atomic E-state index is 12.9. The summed E-state index contributed by atoms with van der Waals surface area (Å²) in [4.78, 5) is 16.0. The molecule has 1 aromatic heterocycles. The molecule has 1 aliphatic heterocycles. The Morgan fingerprint density at radius 2 is 1.96 bits per heavy atom. The zero-order valence-electron chi connectivity index (χ0n) is 13.2. The number of halogens is 1. The highest BCUT2D eigenvalue weighted by Crippen LogP contribution is 2.31. The summed E-state index contributed by atoms with van der Waals surface area (Å²) in [5.74, 6) is 0.143. The lowest BCUT2D eigenvalue weighted by atomic mass is 10.2. The van der Waals surface area contributed by atoms with Gasteiger partial charge >= 0.3 is 11.8 Å². The molecule has 0 radical (unpaired) electrons. The number of aromatic nitrogens is 2. The lowest BCUT2D eigenvalue weighted by Crippen LogP contribution is -2.17. The summed E-state index contributed by atoms with van der Waals surface area (Å²) < 4.78 is 28.3. The van der Waals surface area contributed by atoms with E-state index < -0.39 is 5.91 Å². The van der Waals surface area contributed by atoms with Crippen LogP contribution >= 0.6 is 0 Å². The Morgan fingerprint density at radius 3 is 2.81 bits per heavy atom. The summed E-state index contributed by atoms with van der Waals surface area (Å²) in [6.07, 6.45) is 1.44. The highest BCUT2D eigenvalue weighted by Gasteiger charge is 2.16. The van der Waals surface area contributed by atoms with Crippen LogP contribution in [0.4, 0.5) is 4.39 Å². The predicted octanol–water partition coefficient (Wildman–Crippen LogP) is 2.37. The van der Waals surface area contributed by atoms with E-state index in [1.54, 1.807) is 18.2 Å². The quantitative estimate of drug-likeness (QED) is 0.570. The number of rotatable bonds is 4. The third kappa shape index (κ3) is 3.22.